The normalized spacial score (nSPS) is 11.7. The summed E-state index contributed by atoms with van der Waals surface area (Å²) in [5.41, 5.74) is 2.69. The van der Waals surface area contributed by atoms with Crippen LogP contribution in [-0.2, 0) is 11.2 Å². The van der Waals surface area contributed by atoms with Crippen molar-refractivity contribution in [2.24, 2.45) is 0 Å². The van der Waals surface area contributed by atoms with Gasteiger partial charge in [-0.25, -0.2) is 0 Å². The summed E-state index contributed by atoms with van der Waals surface area (Å²) in [6, 6.07) is 17.2. The summed E-state index contributed by atoms with van der Waals surface area (Å²) in [4.78, 5) is 13.4. The maximum Gasteiger partial charge on any atom is 0.224 e. The highest BCUT2D eigenvalue weighted by molar-refractivity contribution is 7.13. The number of ether oxygens (including phenoxy) is 2. The largest absolute Gasteiger partial charge is 0.493 e. The number of aliphatic hydroxyl groups is 1. The molecule has 0 bridgehead atoms. The zero-order valence-corrected chi connectivity index (χ0v) is 16.7. The quantitative estimate of drug-likeness (QED) is 0.606. The van der Waals surface area contributed by atoms with Gasteiger partial charge in [-0.2, -0.15) is 0 Å². The molecule has 5 nitrogen and oxygen atoms in total. The standard InChI is InChI=1S/C22H23NO4S/c1-26-19-10-5-15(12-20(19)27-2)13-22(25)23-14-18(24)16-6-8-17(9-7-16)21-4-3-11-28-21/h3-12,18,24H,13-14H2,1-2H3,(H,23,25). The third kappa shape index (κ3) is 4.91. The monoisotopic (exact) mass is 397 g/mol. The van der Waals surface area contributed by atoms with Crippen LogP contribution in [-0.4, -0.2) is 31.8 Å². The Labute approximate surface area is 168 Å². The van der Waals surface area contributed by atoms with Crippen molar-refractivity contribution in [1.29, 1.82) is 0 Å². The highest BCUT2D eigenvalue weighted by Crippen LogP contribution is 2.28. The van der Waals surface area contributed by atoms with Crippen LogP contribution in [0.4, 0.5) is 0 Å². The molecular weight excluding hydrogens is 374 g/mol. The minimum atomic E-state index is -0.758. The number of aliphatic hydroxyl groups excluding tert-OH is 1. The van der Waals surface area contributed by atoms with Crippen molar-refractivity contribution in [3.63, 3.8) is 0 Å². The first-order valence-corrected chi connectivity index (χ1v) is 9.78. The van der Waals surface area contributed by atoms with E-state index in [1.165, 1.54) is 4.88 Å². The molecule has 1 unspecified atom stereocenters. The first-order chi connectivity index (χ1) is 13.6. The van der Waals surface area contributed by atoms with Gasteiger partial charge in [-0.3, -0.25) is 4.79 Å². The molecule has 1 heterocycles. The van der Waals surface area contributed by atoms with Crippen LogP contribution >= 0.6 is 11.3 Å². The van der Waals surface area contributed by atoms with Crippen LogP contribution in [0.25, 0.3) is 10.4 Å². The van der Waals surface area contributed by atoms with E-state index >= 15 is 0 Å². The van der Waals surface area contributed by atoms with Gasteiger partial charge in [0.25, 0.3) is 0 Å². The third-order valence-corrected chi connectivity index (χ3v) is 5.33. The molecule has 0 saturated carbocycles. The summed E-state index contributed by atoms with van der Waals surface area (Å²) >= 11 is 1.67. The van der Waals surface area contributed by atoms with Gasteiger partial charge in [-0.05, 0) is 40.3 Å². The van der Waals surface area contributed by atoms with Crippen LogP contribution < -0.4 is 14.8 Å². The Balaban J connectivity index is 1.54. The Morgan fingerprint density at radius 2 is 1.82 bits per heavy atom. The lowest BCUT2D eigenvalue weighted by Crippen LogP contribution is -2.29. The van der Waals surface area contributed by atoms with Crippen molar-refractivity contribution >= 4 is 17.2 Å². The van der Waals surface area contributed by atoms with Crippen LogP contribution in [0.1, 0.15) is 17.2 Å². The molecule has 0 fully saturated rings. The fourth-order valence-corrected chi connectivity index (χ4v) is 3.61. The predicted molar refractivity (Wildman–Crippen MR) is 111 cm³/mol. The van der Waals surface area contributed by atoms with E-state index in [4.69, 9.17) is 9.47 Å². The van der Waals surface area contributed by atoms with Crippen LogP contribution in [0.3, 0.4) is 0 Å². The summed E-state index contributed by atoms with van der Waals surface area (Å²) in [7, 11) is 3.13. The van der Waals surface area contributed by atoms with Gasteiger partial charge < -0.3 is 19.9 Å². The van der Waals surface area contributed by atoms with Gasteiger partial charge >= 0.3 is 0 Å². The van der Waals surface area contributed by atoms with E-state index < -0.39 is 6.10 Å². The highest BCUT2D eigenvalue weighted by Gasteiger charge is 2.12. The molecular formula is C22H23NO4S. The van der Waals surface area contributed by atoms with E-state index in [2.05, 4.69) is 11.4 Å². The molecule has 0 saturated heterocycles. The summed E-state index contributed by atoms with van der Waals surface area (Å²) in [5.74, 6) is 1.04. The number of carbonyl (C=O) groups excluding carboxylic acids is 1. The van der Waals surface area contributed by atoms with Gasteiger partial charge in [0, 0.05) is 11.4 Å². The maximum absolute atomic E-state index is 12.2. The third-order valence-electron chi connectivity index (χ3n) is 4.41. The van der Waals surface area contributed by atoms with Crippen molar-refractivity contribution in [3.05, 3.63) is 71.1 Å². The first kappa shape index (κ1) is 19.9. The van der Waals surface area contributed by atoms with E-state index in [0.29, 0.717) is 11.5 Å². The second kappa shape index (κ2) is 9.39. The zero-order valence-electron chi connectivity index (χ0n) is 15.8. The van der Waals surface area contributed by atoms with Gasteiger partial charge in [0.1, 0.15) is 0 Å². The van der Waals surface area contributed by atoms with Gasteiger partial charge in [0.15, 0.2) is 11.5 Å². The van der Waals surface area contributed by atoms with E-state index in [1.54, 1.807) is 37.7 Å². The Morgan fingerprint density at radius 3 is 2.46 bits per heavy atom. The van der Waals surface area contributed by atoms with Gasteiger partial charge in [-0.1, -0.05) is 36.4 Å². The molecule has 0 aliphatic carbocycles. The summed E-state index contributed by atoms with van der Waals surface area (Å²) in [6.45, 7) is 0.157. The smallest absolute Gasteiger partial charge is 0.224 e. The second-order valence-corrected chi connectivity index (χ2v) is 7.23. The molecule has 0 radical (unpaired) electrons. The number of carbonyl (C=O) groups is 1. The summed E-state index contributed by atoms with van der Waals surface area (Å²) < 4.78 is 10.5. The molecule has 1 amide bonds. The molecule has 1 atom stereocenters. The number of hydrogen-bond donors (Lipinski definition) is 2. The van der Waals surface area contributed by atoms with Crippen molar-refractivity contribution in [1.82, 2.24) is 5.32 Å². The fourth-order valence-electron chi connectivity index (χ4n) is 2.88. The van der Waals surface area contributed by atoms with E-state index in [-0.39, 0.29) is 18.9 Å². The topological polar surface area (TPSA) is 67.8 Å². The van der Waals surface area contributed by atoms with Crippen molar-refractivity contribution in [2.75, 3.05) is 20.8 Å². The van der Waals surface area contributed by atoms with E-state index in [9.17, 15) is 9.90 Å². The van der Waals surface area contributed by atoms with Crippen molar-refractivity contribution in [2.45, 2.75) is 12.5 Å². The van der Waals surface area contributed by atoms with Gasteiger partial charge in [0.05, 0.1) is 26.7 Å². The van der Waals surface area contributed by atoms with E-state index in [0.717, 1.165) is 16.7 Å². The molecule has 2 N–H and O–H groups in total. The average Bonchev–Trinajstić information content (AvgIpc) is 3.27. The number of rotatable bonds is 8. The van der Waals surface area contributed by atoms with Gasteiger partial charge in [0.2, 0.25) is 5.91 Å². The molecule has 28 heavy (non-hydrogen) atoms. The minimum absolute atomic E-state index is 0.157. The number of nitrogens with one attached hydrogen (secondary N) is 1. The molecule has 3 aromatic rings. The van der Waals surface area contributed by atoms with Crippen molar-refractivity contribution in [3.8, 4) is 21.9 Å². The number of benzene rings is 2. The SMILES string of the molecule is COc1ccc(CC(=O)NCC(O)c2ccc(-c3cccs3)cc2)cc1OC. The molecule has 0 aliphatic rings. The second-order valence-electron chi connectivity index (χ2n) is 6.29. The molecule has 146 valence electrons. The minimum Gasteiger partial charge on any atom is -0.493 e. The lowest BCUT2D eigenvalue weighted by molar-refractivity contribution is -0.120. The summed E-state index contributed by atoms with van der Waals surface area (Å²) in [6.07, 6.45) is -0.559. The number of hydrogen-bond acceptors (Lipinski definition) is 5. The molecule has 0 aliphatic heterocycles. The van der Waals surface area contributed by atoms with E-state index in [1.807, 2.05) is 41.8 Å². The van der Waals surface area contributed by atoms with Crippen LogP contribution in [0.2, 0.25) is 0 Å². The maximum atomic E-state index is 12.2. The van der Waals surface area contributed by atoms with Crippen molar-refractivity contribution < 1.29 is 19.4 Å². The Kier molecular flexibility index (Phi) is 6.68. The summed E-state index contributed by atoms with van der Waals surface area (Å²) in [5, 5.41) is 15.2. The first-order valence-electron chi connectivity index (χ1n) is 8.90. The average molecular weight is 397 g/mol. The van der Waals surface area contributed by atoms with Gasteiger partial charge in [-0.15, -0.1) is 11.3 Å². The lowest BCUT2D eigenvalue weighted by atomic mass is 10.1. The Bertz CT molecular complexity index is 907. The molecule has 6 heteroatoms. The number of thiophene rings is 1. The highest BCUT2D eigenvalue weighted by atomic mass is 32.1. The van der Waals surface area contributed by atoms with Crippen LogP contribution in [0.5, 0.6) is 11.5 Å². The fraction of sp³-hybridized carbons (Fsp3) is 0.227. The lowest BCUT2D eigenvalue weighted by Gasteiger charge is -2.13. The number of methoxy groups -OCH3 is 2. The number of amides is 1. The Morgan fingerprint density at radius 1 is 1.07 bits per heavy atom. The molecule has 1 aromatic heterocycles. The molecule has 0 spiro atoms. The Hall–Kier alpha value is -2.83. The predicted octanol–water partition coefficient (Wildman–Crippen LogP) is 3.82. The molecule has 3 rings (SSSR count). The molecule has 2 aromatic carbocycles. The zero-order chi connectivity index (χ0) is 19.9. The van der Waals surface area contributed by atoms with Crippen LogP contribution in [0, 0.1) is 0 Å². The van der Waals surface area contributed by atoms with Crippen LogP contribution in [0.15, 0.2) is 60.0 Å².